The molecule has 2 aromatic rings. The Morgan fingerprint density at radius 3 is 2.93 bits per heavy atom. The van der Waals surface area contributed by atoms with Gasteiger partial charge in [-0.1, -0.05) is 6.07 Å². The van der Waals surface area contributed by atoms with Crippen LogP contribution in [-0.4, -0.2) is 4.57 Å². The highest BCUT2D eigenvalue weighted by molar-refractivity contribution is 5.84. The Kier molecular flexibility index (Phi) is 2.01. The molecule has 2 heteroatoms. The van der Waals surface area contributed by atoms with Gasteiger partial charge in [0.05, 0.1) is 12.5 Å². The van der Waals surface area contributed by atoms with Crippen molar-refractivity contribution in [3.63, 3.8) is 0 Å². The molecule has 0 fully saturated rings. The fraction of sp³-hybridized carbons (Fsp3) is 0.250. The van der Waals surface area contributed by atoms with Crippen LogP contribution in [0.15, 0.2) is 24.4 Å². The van der Waals surface area contributed by atoms with Crippen LogP contribution in [0.3, 0.4) is 0 Å². The molecule has 0 atom stereocenters. The SMILES string of the molecule is Cc1cn(C)c2ccc(CC#N)cc12. The minimum Gasteiger partial charge on any atom is -0.350 e. The summed E-state index contributed by atoms with van der Waals surface area (Å²) in [5.41, 5.74) is 3.58. The molecular formula is C12H12N2. The lowest BCUT2D eigenvalue weighted by atomic mass is 10.1. The Labute approximate surface area is 83.4 Å². The zero-order valence-electron chi connectivity index (χ0n) is 8.41. The minimum absolute atomic E-state index is 0.490. The first-order valence-corrected chi connectivity index (χ1v) is 4.64. The summed E-state index contributed by atoms with van der Waals surface area (Å²) in [5, 5.41) is 9.86. The fourth-order valence-corrected chi connectivity index (χ4v) is 1.84. The Bertz CT molecular complexity index is 515. The summed E-state index contributed by atoms with van der Waals surface area (Å²) in [7, 11) is 2.04. The normalized spacial score (nSPS) is 10.4. The van der Waals surface area contributed by atoms with Crippen molar-refractivity contribution in [2.75, 3.05) is 0 Å². The Balaban J connectivity index is 2.66. The molecule has 1 heterocycles. The second-order valence-electron chi connectivity index (χ2n) is 3.61. The van der Waals surface area contributed by atoms with Gasteiger partial charge in [0.15, 0.2) is 0 Å². The number of aromatic nitrogens is 1. The van der Waals surface area contributed by atoms with Crippen molar-refractivity contribution in [3.8, 4) is 6.07 Å². The van der Waals surface area contributed by atoms with E-state index in [4.69, 9.17) is 5.26 Å². The van der Waals surface area contributed by atoms with Crippen molar-refractivity contribution >= 4 is 10.9 Å². The van der Waals surface area contributed by atoms with Gasteiger partial charge in [-0.3, -0.25) is 0 Å². The summed E-state index contributed by atoms with van der Waals surface area (Å²) >= 11 is 0. The largest absolute Gasteiger partial charge is 0.350 e. The number of nitriles is 1. The second kappa shape index (κ2) is 3.19. The van der Waals surface area contributed by atoms with Gasteiger partial charge in [0.1, 0.15) is 0 Å². The highest BCUT2D eigenvalue weighted by atomic mass is 14.9. The van der Waals surface area contributed by atoms with E-state index in [9.17, 15) is 0 Å². The van der Waals surface area contributed by atoms with E-state index in [0.29, 0.717) is 6.42 Å². The summed E-state index contributed by atoms with van der Waals surface area (Å²) in [6.45, 7) is 2.10. The Morgan fingerprint density at radius 1 is 1.43 bits per heavy atom. The van der Waals surface area contributed by atoms with Gasteiger partial charge in [-0.25, -0.2) is 0 Å². The maximum Gasteiger partial charge on any atom is 0.0669 e. The lowest BCUT2D eigenvalue weighted by Crippen LogP contribution is -1.85. The number of hydrogen-bond acceptors (Lipinski definition) is 1. The molecule has 2 rings (SSSR count). The monoisotopic (exact) mass is 184 g/mol. The highest BCUT2D eigenvalue weighted by Crippen LogP contribution is 2.21. The first-order chi connectivity index (χ1) is 6.72. The molecule has 0 bridgehead atoms. The summed E-state index contributed by atoms with van der Waals surface area (Å²) in [4.78, 5) is 0. The number of rotatable bonds is 1. The average Bonchev–Trinajstić information content (AvgIpc) is 2.43. The predicted molar refractivity (Wildman–Crippen MR) is 57.0 cm³/mol. The van der Waals surface area contributed by atoms with E-state index < -0.39 is 0 Å². The van der Waals surface area contributed by atoms with Crippen molar-refractivity contribution in [2.45, 2.75) is 13.3 Å². The van der Waals surface area contributed by atoms with Gasteiger partial charge >= 0.3 is 0 Å². The molecule has 14 heavy (non-hydrogen) atoms. The van der Waals surface area contributed by atoms with Gasteiger partial charge in [-0.2, -0.15) is 5.26 Å². The van der Waals surface area contributed by atoms with Gasteiger partial charge in [0, 0.05) is 24.1 Å². The fourth-order valence-electron chi connectivity index (χ4n) is 1.84. The maximum atomic E-state index is 8.61. The van der Waals surface area contributed by atoms with Crippen molar-refractivity contribution in [1.29, 1.82) is 5.26 Å². The lowest BCUT2D eigenvalue weighted by molar-refractivity contribution is 0.964. The molecular weight excluding hydrogens is 172 g/mol. The maximum absolute atomic E-state index is 8.61. The molecule has 0 saturated heterocycles. The smallest absolute Gasteiger partial charge is 0.0669 e. The number of benzene rings is 1. The quantitative estimate of drug-likeness (QED) is 0.669. The summed E-state index contributed by atoms with van der Waals surface area (Å²) in [5.74, 6) is 0. The van der Waals surface area contributed by atoms with Crippen molar-refractivity contribution in [3.05, 3.63) is 35.5 Å². The Hall–Kier alpha value is -1.75. The van der Waals surface area contributed by atoms with Crippen LogP contribution in [0.2, 0.25) is 0 Å². The van der Waals surface area contributed by atoms with E-state index in [2.05, 4.69) is 35.9 Å². The van der Waals surface area contributed by atoms with Crippen LogP contribution in [0.25, 0.3) is 10.9 Å². The molecule has 0 radical (unpaired) electrons. The molecule has 0 spiro atoms. The number of fused-ring (bicyclic) bond motifs is 1. The topological polar surface area (TPSA) is 28.7 Å². The summed E-state index contributed by atoms with van der Waals surface area (Å²) in [6, 6.07) is 8.37. The van der Waals surface area contributed by atoms with E-state index in [1.807, 2.05) is 13.1 Å². The molecule has 1 aromatic heterocycles. The van der Waals surface area contributed by atoms with E-state index in [1.165, 1.54) is 16.5 Å². The van der Waals surface area contributed by atoms with E-state index in [1.54, 1.807) is 0 Å². The molecule has 0 aliphatic heterocycles. The molecule has 0 saturated carbocycles. The van der Waals surface area contributed by atoms with Crippen molar-refractivity contribution in [1.82, 2.24) is 4.57 Å². The minimum atomic E-state index is 0.490. The van der Waals surface area contributed by atoms with Crippen LogP contribution in [0.1, 0.15) is 11.1 Å². The molecule has 0 unspecified atom stereocenters. The van der Waals surface area contributed by atoms with Gasteiger partial charge in [0.2, 0.25) is 0 Å². The van der Waals surface area contributed by atoms with Crippen LogP contribution in [-0.2, 0) is 13.5 Å². The molecule has 0 aliphatic rings. The van der Waals surface area contributed by atoms with E-state index in [-0.39, 0.29) is 0 Å². The molecule has 0 N–H and O–H groups in total. The third-order valence-corrected chi connectivity index (χ3v) is 2.54. The third kappa shape index (κ3) is 1.27. The highest BCUT2D eigenvalue weighted by Gasteiger charge is 2.03. The summed E-state index contributed by atoms with van der Waals surface area (Å²) < 4.78 is 2.11. The van der Waals surface area contributed by atoms with Gasteiger partial charge in [0.25, 0.3) is 0 Å². The van der Waals surface area contributed by atoms with E-state index >= 15 is 0 Å². The van der Waals surface area contributed by atoms with Crippen LogP contribution in [0.4, 0.5) is 0 Å². The predicted octanol–water partition coefficient (Wildman–Crippen LogP) is 2.55. The molecule has 0 amide bonds. The van der Waals surface area contributed by atoms with Gasteiger partial charge in [-0.05, 0) is 30.2 Å². The van der Waals surface area contributed by atoms with Gasteiger partial charge in [-0.15, -0.1) is 0 Å². The standard InChI is InChI=1S/C12H12N2/c1-9-8-14(2)12-4-3-10(5-6-13)7-11(9)12/h3-4,7-8H,5H2,1-2H3. The first kappa shape index (κ1) is 8.83. The lowest BCUT2D eigenvalue weighted by Gasteiger charge is -1.98. The molecule has 70 valence electrons. The van der Waals surface area contributed by atoms with Gasteiger partial charge < -0.3 is 4.57 Å². The third-order valence-electron chi connectivity index (χ3n) is 2.54. The Morgan fingerprint density at radius 2 is 2.21 bits per heavy atom. The number of aryl methyl sites for hydroxylation is 2. The first-order valence-electron chi connectivity index (χ1n) is 4.64. The molecule has 0 aliphatic carbocycles. The second-order valence-corrected chi connectivity index (χ2v) is 3.61. The van der Waals surface area contributed by atoms with Crippen LogP contribution < -0.4 is 0 Å². The number of nitrogens with zero attached hydrogens (tertiary/aromatic N) is 2. The summed E-state index contributed by atoms with van der Waals surface area (Å²) in [6.07, 6.45) is 2.60. The van der Waals surface area contributed by atoms with Crippen LogP contribution in [0.5, 0.6) is 0 Å². The van der Waals surface area contributed by atoms with Crippen LogP contribution >= 0.6 is 0 Å². The van der Waals surface area contributed by atoms with E-state index in [0.717, 1.165) is 5.56 Å². The number of hydrogen-bond donors (Lipinski definition) is 0. The van der Waals surface area contributed by atoms with Crippen LogP contribution in [0, 0.1) is 18.3 Å². The zero-order chi connectivity index (χ0) is 10.1. The van der Waals surface area contributed by atoms with Crippen molar-refractivity contribution < 1.29 is 0 Å². The average molecular weight is 184 g/mol. The zero-order valence-corrected chi connectivity index (χ0v) is 8.41. The molecule has 2 nitrogen and oxygen atoms in total. The van der Waals surface area contributed by atoms with Crippen molar-refractivity contribution in [2.24, 2.45) is 7.05 Å². The molecule has 1 aromatic carbocycles.